The fourth-order valence-corrected chi connectivity index (χ4v) is 5.14. The lowest BCUT2D eigenvalue weighted by molar-refractivity contribution is -0.384. The molecule has 0 saturated heterocycles. The molecule has 0 heterocycles. The van der Waals surface area contributed by atoms with Gasteiger partial charge in [-0.15, -0.1) is 0 Å². The lowest BCUT2D eigenvalue weighted by atomic mass is 10.1. The van der Waals surface area contributed by atoms with Gasteiger partial charge in [-0.05, 0) is 52.3 Å². The van der Waals surface area contributed by atoms with Crippen molar-refractivity contribution in [2.45, 2.75) is 52.6 Å². The van der Waals surface area contributed by atoms with Crippen molar-refractivity contribution >= 4 is 19.0 Å². The Bertz CT molecular complexity index is 905. The van der Waals surface area contributed by atoms with E-state index < -0.39 is 36.3 Å². The predicted molar refractivity (Wildman–Crippen MR) is 111 cm³/mol. The second-order valence-electron chi connectivity index (χ2n) is 7.17. The lowest BCUT2D eigenvalue weighted by Gasteiger charge is -2.31. The van der Waals surface area contributed by atoms with Crippen molar-refractivity contribution in [1.82, 2.24) is 0 Å². The van der Waals surface area contributed by atoms with Crippen molar-refractivity contribution in [3.8, 4) is 0 Å². The molecule has 0 aliphatic rings. The van der Waals surface area contributed by atoms with Crippen LogP contribution in [0.25, 0.3) is 0 Å². The Morgan fingerprint density at radius 2 is 1.66 bits per heavy atom. The van der Waals surface area contributed by atoms with E-state index in [4.69, 9.17) is 9.05 Å². The van der Waals surface area contributed by atoms with Gasteiger partial charge in [-0.2, -0.15) is 0 Å². The maximum absolute atomic E-state index is 14.7. The molecule has 1 atom stereocenters. The van der Waals surface area contributed by atoms with E-state index in [9.17, 15) is 19.1 Å². The average Bonchev–Trinajstić information content (AvgIpc) is 2.59. The summed E-state index contributed by atoms with van der Waals surface area (Å²) in [7, 11) is -3.89. The second kappa shape index (κ2) is 9.48. The summed E-state index contributed by atoms with van der Waals surface area (Å²) in [6.07, 6.45) is -0.873. The number of hydrogen-bond acceptors (Lipinski definition) is 6. The molecule has 9 heteroatoms. The summed E-state index contributed by atoms with van der Waals surface area (Å²) in [5.41, 5.74) is 1.05. The molecule has 0 fully saturated rings. The molecule has 0 aromatic heterocycles. The number of nitro benzene ring substituents is 1. The van der Waals surface area contributed by atoms with Gasteiger partial charge < -0.3 is 14.4 Å². The first-order valence-corrected chi connectivity index (χ1v) is 10.9. The zero-order chi connectivity index (χ0) is 21.8. The maximum atomic E-state index is 14.7. The van der Waals surface area contributed by atoms with E-state index in [0.717, 1.165) is 0 Å². The predicted octanol–water partition coefficient (Wildman–Crippen LogP) is 6.20. The Kier molecular flexibility index (Phi) is 7.52. The van der Waals surface area contributed by atoms with Crippen molar-refractivity contribution in [3.05, 3.63) is 69.5 Å². The van der Waals surface area contributed by atoms with E-state index in [0.29, 0.717) is 11.3 Å². The number of anilines is 1. The summed E-state index contributed by atoms with van der Waals surface area (Å²) >= 11 is 0. The third-order valence-corrected chi connectivity index (χ3v) is 6.42. The number of rotatable bonds is 9. The molecule has 0 saturated carbocycles. The van der Waals surface area contributed by atoms with E-state index in [1.807, 2.05) is 0 Å². The number of halogens is 1. The lowest BCUT2D eigenvalue weighted by Crippen LogP contribution is -2.20. The Hall–Kier alpha value is -2.28. The van der Waals surface area contributed by atoms with Crippen LogP contribution in [0.15, 0.2) is 42.5 Å². The van der Waals surface area contributed by atoms with Gasteiger partial charge in [0.15, 0.2) is 5.78 Å². The number of nitro groups is 1. The van der Waals surface area contributed by atoms with E-state index in [1.165, 1.54) is 36.4 Å². The van der Waals surface area contributed by atoms with E-state index in [-0.39, 0.29) is 11.3 Å². The number of hydrogen-bond donors (Lipinski definition) is 1. The smallest absolute Gasteiger partial charge is 0.357 e. The van der Waals surface area contributed by atoms with Gasteiger partial charge in [0.2, 0.25) is 0 Å². The highest BCUT2D eigenvalue weighted by Gasteiger charge is 2.41. The summed E-state index contributed by atoms with van der Waals surface area (Å²) in [5, 5.41) is 14.1. The fourth-order valence-electron chi connectivity index (χ4n) is 2.83. The Morgan fingerprint density at radius 3 is 2.14 bits per heavy atom. The molecule has 0 bridgehead atoms. The molecular weight excluding hydrogens is 398 g/mol. The van der Waals surface area contributed by atoms with Gasteiger partial charge in [0.1, 0.15) is 5.82 Å². The van der Waals surface area contributed by atoms with Gasteiger partial charge >= 0.3 is 7.60 Å². The van der Waals surface area contributed by atoms with Gasteiger partial charge in [0.25, 0.3) is 5.69 Å². The first-order chi connectivity index (χ1) is 13.5. The van der Waals surface area contributed by atoms with Crippen LogP contribution < -0.4 is 5.32 Å². The third-order valence-electron chi connectivity index (χ3n) is 3.94. The van der Waals surface area contributed by atoms with Crippen LogP contribution in [0.3, 0.4) is 0 Å². The Morgan fingerprint density at radius 1 is 1.07 bits per heavy atom. The Balaban J connectivity index is 2.57. The van der Waals surface area contributed by atoms with Gasteiger partial charge in [-0.25, -0.2) is 4.39 Å². The highest BCUT2D eigenvalue weighted by molar-refractivity contribution is 7.54. The minimum atomic E-state index is -3.89. The van der Waals surface area contributed by atoms with Crippen molar-refractivity contribution < 1.29 is 22.9 Å². The molecule has 158 valence electrons. The zero-order valence-corrected chi connectivity index (χ0v) is 18.0. The standard InChI is InChI=1S/C20H26FN2O5P/c1-13(2)27-29(26,28-14(3)4)20(17-8-6-7-9-18(17)21)22-19-11-10-16(23(24)25)12-15(19)5/h6-14,20,22H,1-5H3. The summed E-state index contributed by atoms with van der Waals surface area (Å²) in [6, 6.07) is 10.1. The van der Waals surface area contributed by atoms with E-state index in [2.05, 4.69) is 5.32 Å². The van der Waals surface area contributed by atoms with Crippen LogP contribution in [0, 0.1) is 22.9 Å². The third kappa shape index (κ3) is 5.85. The highest BCUT2D eigenvalue weighted by Crippen LogP contribution is 2.62. The van der Waals surface area contributed by atoms with Crippen LogP contribution >= 0.6 is 7.60 Å². The van der Waals surface area contributed by atoms with Crippen molar-refractivity contribution in [2.24, 2.45) is 0 Å². The van der Waals surface area contributed by atoms with Gasteiger partial charge in [0, 0.05) is 23.4 Å². The molecule has 0 amide bonds. The monoisotopic (exact) mass is 424 g/mol. The van der Waals surface area contributed by atoms with Crippen LogP contribution in [0.4, 0.5) is 15.8 Å². The molecule has 0 spiro atoms. The summed E-state index contributed by atoms with van der Waals surface area (Å²) < 4.78 is 39.8. The number of benzene rings is 2. The number of nitrogens with one attached hydrogen (secondary N) is 1. The number of aryl methyl sites for hydroxylation is 1. The van der Waals surface area contributed by atoms with Crippen LogP contribution in [0.2, 0.25) is 0 Å². The SMILES string of the molecule is Cc1cc([N+](=O)[O-])ccc1NC(c1ccccc1F)P(=O)(OC(C)C)OC(C)C. The molecule has 29 heavy (non-hydrogen) atoms. The van der Waals surface area contributed by atoms with Crippen molar-refractivity contribution in [3.63, 3.8) is 0 Å². The quantitative estimate of drug-likeness (QED) is 0.293. The van der Waals surface area contributed by atoms with Crippen molar-refractivity contribution in [2.75, 3.05) is 5.32 Å². The molecule has 2 aromatic carbocycles. The van der Waals surface area contributed by atoms with Crippen LogP contribution in [-0.4, -0.2) is 17.1 Å². The molecule has 0 aliphatic carbocycles. The van der Waals surface area contributed by atoms with Gasteiger partial charge in [-0.3, -0.25) is 14.7 Å². The highest BCUT2D eigenvalue weighted by atomic mass is 31.2. The first-order valence-electron chi connectivity index (χ1n) is 9.26. The van der Waals surface area contributed by atoms with Crippen LogP contribution in [-0.2, 0) is 13.6 Å². The van der Waals surface area contributed by atoms with Gasteiger partial charge in [-0.1, -0.05) is 18.2 Å². The molecule has 0 radical (unpaired) electrons. The molecular formula is C20H26FN2O5P. The molecule has 1 N–H and O–H groups in total. The molecule has 2 rings (SSSR count). The summed E-state index contributed by atoms with van der Waals surface area (Å²) in [6.45, 7) is 8.53. The zero-order valence-electron chi connectivity index (χ0n) is 17.1. The molecule has 0 aliphatic heterocycles. The topological polar surface area (TPSA) is 90.7 Å². The van der Waals surface area contributed by atoms with Crippen LogP contribution in [0.1, 0.15) is 44.6 Å². The van der Waals surface area contributed by atoms with Crippen LogP contribution in [0.5, 0.6) is 0 Å². The normalized spacial score (nSPS) is 13.0. The molecule has 2 aromatic rings. The largest absolute Gasteiger partial charge is 0.368 e. The number of nitrogens with zero attached hydrogens (tertiary/aromatic N) is 1. The van der Waals surface area contributed by atoms with Gasteiger partial charge in [0.05, 0.1) is 17.1 Å². The minimum Gasteiger partial charge on any atom is -0.368 e. The maximum Gasteiger partial charge on any atom is 0.357 e. The van der Waals surface area contributed by atoms with E-state index in [1.54, 1.807) is 40.7 Å². The van der Waals surface area contributed by atoms with E-state index >= 15 is 0 Å². The van der Waals surface area contributed by atoms with Crippen molar-refractivity contribution in [1.29, 1.82) is 0 Å². The summed E-state index contributed by atoms with van der Waals surface area (Å²) in [4.78, 5) is 10.5. The second-order valence-corrected chi connectivity index (χ2v) is 9.19. The average molecular weight is 424 g/mol. The molecule has 7 nitrogen and oxygen atoms in total. The first kappa shape index (κ1) is 23.0. The Labute approximate surface area is 169 Å². The number of non-ortho nitro benzene ring substituents is 1. The fraction of sp³-hybridized carbons (Fsp3) is 0.400. The minimum absolute atomic E-state index is 0.0736. The summed E-state index contributed by atoms with van der Waals surface area (Å²) in [5.74, 6) is -1.71. The molecule has 1 unspecified atom stereocenters.